The number of ether oxygens (including phenoxy) is 1. The fourth-order valence-electron chi connectivity index (χ4n) is 2.75. The zero-order valence-electron chi connectivity index (χ0n) is 15.3. The van der Waals surface area contributed by atoms with Crippen molar-refractivity contribution in [3.05, 3.63) is 65.5 Å². The maximum absolute atomic E-state index is 13.0. The molecule has 4 nitrogen and oxygen atoms in total. The second-order valence-electron chi connectivity index (χ2n) is 6.05. The Kier molecular flexibility index (Phi) is 6.81. The summed E-state index contributed by atoms with van der Waals surface area (Å²) in [5.74, 6) is 1.74. The minimum Gasteiger partial charge on any atom is -0.496 e. The molecule has 134 valence electrons. The number of nitrogens with one attached hydrogen (secondary N) is 1. The number of para-hydroxylation sites is 1. The Hall–Kier alpha value is -2.56. The van der Waals surface area contributed by atoms with Gasteiger partial charge in [-0.3, -0.25) is 4.99 Å². The van der Waals surface area contributed by atoms with Crippen molar-refractivity contribution in [1.29, 1.82) is 0 Å². The number of guanidine groups is 1. The molecule has 0 saturated carbocycles. The summed E-state index contributed by atoms with van der Waals surface area (Å²) in [5.41, 5.74) is 2.19. The van der Waals surface area contributed by atoms with E-state index in [1.54, 1.807) is 26.3 Å². The molecule has 0 aliphatic carbocycles. The molecule has 5 heteroatoms. The number of aliphatic imine (C=N–C) groups is 1. The maximum Gasteiger partial charge on any atom is 0.193 e. The van der Waals surface area contributed by atoms with Crippen LogP contribution in [0.5, 0.6) is 5.75 Å². The summed E-state index contributed by atoms with van der Waals surface area (Å²) in [4.78, 5) is 6.35. The fraction of sp³-hybridized carbons (Fsp3) is 0.350. The van der Waals surface area contributed by atoms with Crippen molar-refractivity contribution in [3.63, 3.8) is 0 Å². The monoisotopic (exact) mass is 343 g/mol. The summed E-state index contributed by atoms with van der Waals surface area (Å²) < 4.78 is 18.5. The van der Waals surface area contributed by atoms with Gasteiger partial charge < -0.3 is 15.0 Å². The number of hydrogen-bond acceptors (Lipinski definition) is 2. The summed E-state index contributed by atoms with van der Waals surface area (Å²) in [6.45, 7) is 3.54. The summed E-state index contributed by atoms with van der Waals surface area (Å²) in [6.07, 6.45) is 0. The van der Waals surface area contributed by atoms with E-state index in [0.717, 1.165) is 29.4 Å². The third-order valence-electron chi connectivity index (χ3n) is 4.14. The normalized spacial score (nSPS) is 12.6. The van der Waals surface area contributed by atoms with E-state index in [2.05, 4.69) is 23.3 Å². The molecule has 0 aliphatic rings. The predicted molar refractivity (Wildman–Crippen MR) is 101 cm³/mol. The van der Waals surface area contributed by atoms with Gasteiger partial charge in [-0.1, -0.05) is 37.3 Å². The van der Waals surface area contributed by atoms with Gasteiger partial charge in [0.2, 0.25) is 0 Å². The van der Waals surface area contributed by atoms with Crippen LogP contribution in [0, 0.1) is 5.82 Å². The minimum atomic E-state index is -0.223. The number of benzene rings is 2. The highest BCUT2D eigenvalue weighted by molar-refractivity contribution is 5.79. The molecule has 2 aromatic carbocycles. The summed E-state index contributed by atoms with van der Waals surface area (Å²) in [6, 6.07) is 14.6. The van der Waals surface area contributed by atoms with Crippen molar-refractivity contribution < 1.29 is 9.13 Å². The van der Waals surface area contributed by atoms with Gasteiger partial charge in [-0.05, 0) is 29.3 Å². The van der Waals surface area contributed by atoms with E-state index in [-0.39, 0.29) is 11.7 Å². The Morgan fingerprint density at radius 3 is 2.52 bits per heavy atom. The first-order valence-electron chi connectivity index (χ1n) is 8.34. The Bertz CT molecular complexity index is 700. The first-order chi connectivity index (χ1) is 12.0. The van der Waals surface area contributed by atoms with Crippen LogP contribution in [0.1, 0.15) is 24.0 Å². The van der Waals surface area contributed by atoms with Gasteiger partial charge in [-0.15, -0.1) is 0 Å². The Morgan fingerprint density at radius 2 is 1.88 bits per heavy atom. The van der Waals surface area contributed by atoms with Gasteiger partial charge in [0, 0.05) is 33.1 Å². The summed E-state index contributed by atoms with van der Waals surface area (Å²) >= 11 is 0. The van der Waals surface area contributed by atoms with Crippen LogP contribution in [0.4, 0.5) is 4.39 Å². The van der Waals surface area contributed by atoms with Crippen LogP contribution in [-0.2, 0) is 6.54 Å². The number of methoxy groups -OCH3 is 1. The van der Waals surface area contributed by atoms with E-state index in [4.69, 9.17) is 4.74 Å². The number of nitrogens with zero attached hydrogens (tertiary/aromatic N) is 2. The minimum absolute atomic E-state index is 0.223. The van der Waals surface area contributed by atoms with Gasteiger partial charge in [0.05, 0.1) is 7.11 Å². The molecule has 1 N–H and O–H groups in total. The van der Waals surface area contributed by atoms with Crippen molar-refractivity contribution in [1.82, 2.24) is 10.2 Å². The van der Waals surface area contributed by atoms with E-state index in [9.17, 15) is 4.39 Å². The molecule has 0 fully saturated rings. The van der Waals surface area contributed by atoms with Gasteiger partial charge in [0.15, 0.2) is 5.96 Å². The molecular weight excluding hydrogens is 317 g/mol. The zero-order valence-corrected chi connectivity index (χ0v) is 15.3. The third-order valence-corrected chi connectivity index (χ3v) is 4.14. The molecular formula is C20H26FN3O. The van der Waals surface area contributed by atoms with Crippen LogP contribution in [0.15, 0.2) is 53.5 Å². The van der Waals surface area contributed by atoms with E-state index in [1.165, 1.54) is 12.1 Å². The quantitative estimate of drug-likeness (QED) is 0.643. The van der Waals surface area contributed by atoms with Crippen LogP contribution < -0.4 is 10.1 Å². The molecule has 0 aromatic heterocycles. The van der Waals surface area contributed by atoms with E-state index in [0.29, 0.717) is 6.54 Å². The van der Waals surface area contributed by atoms with Gasteiger partial charge in [0.1, 0.15) is 11.6 Å². The SMILES string of the molecule is CN=C(NCC(C)c1ccccc1OC)N(C)Cc1ccc(F)cc1. The average Bonchev–Trinajstić information content (AvgIpc) is 2.63. The van der Waals surface area contributed by atoms with Gasteiger partial charge in [0.25, 0.3) is 0 Å². The Morgan fingerprint density at radius 1 is 1.20 bits per heavy atom. The molecule has 0 bridgehead atoms. The second-order valence-corrected chi connectivity index (χ2v) is 6.05. The van der Waals surface area contributed by atoms with Crippen LogP contribution in [0.3, 0.4) is 0 Å². The van der Waals surface area contributed by atoms with Crippen molar-refractivity contribution >= 4 is 5.96 Å². The zero-order chi connectivity index (χ0) is 18.2. The van der Waals surface area contributed by atoms with E-state index in [1.807, 2.05) is 30.1 Å². The van der Waals surface area contributed by atoms with Gasteiger partial charge in [-0.2, -0.15) is 0 Å². The van der Waals surface area contributed by atoms with Crippen molar-refractivity contribution in [2.75, 3.05) is 27.7 Å². The van der Waals surface area contributed by atoms with Crippen molar-refractivity contribution in [2.24, 2.45) is 4.99 Å². The molecule has 0 saturated heterocycles. The molecule has 2 aromatic rings. The van der Waals surface area contributed by atoms with Crippen LogP contribution in [0.2, 0.25) is 0 Å². The summed E-state index contributed by atoms with van der Waals surface area (Å²) in [7, 11) is 5.41. The molecule has 25 heavy (non-hydrogen) atoms. The molecule has 2 rings (SSSR count). The van der Waals surface area contributed by atoms with E-state index >= 15 is 0 Å². The lowest BCUT2D eigenvalue weighted by Crippen LogP contribution is -2.40. The van der Waals surface area contributed by atoms with Crippen molar-refractivity contribution in [2.45, 2.75) is 19.4 Å². The molecule has 0 spiro atoms. The lowest BCUT2D eigenvalue weighted by atomic mass is 10.0. The molecule has 0 amide bonds. The predicted octanol–water partition coefficient (Wildman–Crippen LogP) is 3.65. The largest absolute Gasteiger partial charge is 0.496 e. The highest BCUT2D eigenvalue weighted by atomic mass is 19.1. The van der Waals surface area contributed by atoms with Crippen LogP contribution in [0.25, 0.3) is 0 Å². The lowest BCUT2D eigenvalue weighted by molar-refractivity contribution is 0.405. The van der Waals surface area contributed by atoms with Gasteiger partial charge in [-0.25, -0.2) is 4.39 Å². The molecule has 0 radical (unpaired) electrons. The van der Waals surface area contributed by atoms with E-state index < -0.39 is 0 Å². The average molecular weight is 343 g/mol. The highest BCUT2D eigenvalue weighted by Gasteiger charge is 2.13. The van der Waals surface area contributed by atoms with Crippen LogP contribution in [-0.4, -0.2) is 38.6 Å². The standard InChI is InChI=1S/C20H26FN3O/c1-15(18-7-5-6-8-19(18)25-4)13-23-20(22-2)24(3)14-16-9-11-17(21)12-10-16/h5-12,15H,13-14H2,1-4H3,(H,22,23). The highest BCUT2D eigenvalue weighted by Crippen LogP contribution is 2.25. The smallest absolute Gasteiger partial charge is 0.193 e. The third kappa shape index (κ3) is 5.21. The Labute approximate surface area is 149 Å². The number of hydrogen-bond donors (Lipinski definition) is 1. The molecule has 0 aliphatic heterocycles. The summed E-state index contributed by atoms with van der Waals surface area (Å²) in [5, 5.41) is 3.40. The first kappa shape index (κ1) is 18.8. The fourth-order valence-corrected chi connectivity index (χ4v) is 2.75. The van der Waals surface area contributed by atoms with Crippen LogP contribution >= 0.6 is 0 Å². The second kappa shape index (κ2) is 9.06. The number of halogens is 1. The molecule has 1 unspecified atom stereocenters. The topological polar surface area (TPSA) is 36.9 Å². The first-order valence-corrected chi connectivity index (χ1v) is 8.34. The molecule has 1 atom stereocenters. The molecule has 0 heterocycles. The maximum atomic E-state index is 13.0. The van der Waals surface area contributed by atoms with Gasteiger partial charge >= 0.3 is 0 Å². The Balaban J connectivity index is 1.96. The number of rotatable bonds is 6. The lowest BCUT2D eigenvalue weighted by Gasteiger charge is -2.24. The van der Waals surface area contributed by atoms with Crippen molar-refractivity contribution in [3.8, 4) is 5.75 Å².